The Labute approximate surface area is 241 Å². The normalized spacial score (nSPS) is 12.0. The van der Waals surface area contributed by atoms with Crippen molar-refractivity contribution >= 4 is 27.5 Å². The highest BCUT2D eigenvalue weighted by atomic mass is 32.2. The smallest absolute Gasteiger partial charge is 0.243 e. The molecule has 0 aliphatic heterocycles. The van der Waals surface area contributed by atoms with E-state index in [1.165, 1.54) is 6.07 Å². The zero-order chi connectivity index (χ0) is 30.0. The number of nitrogens with zero attached hydrogens (tertiary/aromatic N) is 2. The van der Waals surface area contributed by atoms with E-state index in [1.807, 2.05) is 68.4 Å². The molecule has 0 saturated carbocycles. The van der Waals surface area contributed by atoms with Crippen LogP contribution in [0.1, 0.15) is 42.9 Å². The van der Waals surface area contributed by atoms with E-state index < -0.39 is 27.7 Å². The van der Waals surface area contributed by atoms with Gasteiger partial charge in [-0.05, 0) is 43.0 Å². The molecule has 3 aromatic carbocycles. The van der Waals surface area contributed by atoms with Crippen molar-refractivity contribution in [3.63, 3.8) is 0 Å². The number of rotatable bonds is 14. The van der Waals surface area contributed by atoms with Gasteiger partial charge in [-0.3, -0.25) is 13.9 Å². The van der Waals surface area contributed by atoms with Crippen molar-refractivity contribution in [2.24, 2.45) is 0 Å². The van der Waals surface area contributed by atoms with Gasteiger partial charge in [0, 0.05) is 38.5 Å². The van der Waals surface area contributed by atoms with Crippen molar-refractivity contribution in [2.75, 3.05) is 23.7 Å². The maximum absolute atomic E-state index is 13.9. The predicted octanol–water partition coefficient (Wildman–Crippen LogP) is 4.99. The lowest BCUT2D eigenvalue weighted by Crippen LogP contribution is -2.50. The number of benzene rings is 3. The Hall–Kier alpha value is -3.79. The number of amides is 2. The molecule has 220 valence electrons. The van der Waals surface area contributed by atoms with Crippen molar-refractivity contribution < 1.29 is 26.8 Å². The zero-order valence-electron chi connectivity index (χ0n) is 23.6. The van der Waals surface area contributed by atoms with Gasteiger partial charge in [0.1, 0.15) is 6.04 Å². The van der Waals surface area contributed by atoms with Crippen LogP contribution in [0.3, 0.4) is 0 Å². The van der Waals surface area contributed by atoms with E-state index in [-0.39, 0.29) is 43.4 Å². The summed E-state index contributed by atoms with van der Waals surface area (Å²) < 4.78 is 53.2. The molecule has 10 heteroatoms. The molecule has 1 unspecified atom stereocenters. The molecule has 0 aliphatic rings. The molecule has 0 fully saturated rings. The summed E-state index contributed by atoms with van der Waals surface area (Å²) in [4.78, 5) is 28.7. The second kappa shape index (κ2) is 14.7. The molecular formula is C31H37F2N3O4S. The fourth-order valence-electron chi connectivity index (χ4n) is 4.57. The van der Waals surface area contributed by atoms with Crippen molar-refractivity contribution in [3.8, 4) is 0 Å². The standard InChI is InChI=1S/C31H37F2N3O4S/c1-4-17-34-31(38)29(20-24-11-6-5-7-12-24)35(22-25-13-8-10-23(2)19-25)30(37)14-9-18-36(41(3,39)40)26-15-16-27(32)28(33)21-26/h5-8,10-13,15-16,19,21,29H,4,9,14,17-18,20,22H2,1-3H3,(H,34,38). The van der Waals surface area contributed by atoms with Crippen molar-refractivity contribution in [3.05, 3.63) is 101 Å². The highest BCUT2D eigenvalue weighted by molar-refractivity contribution is 7.92. The number of aryl methyl sites for hydroxylation is 1. The molecule has 0 aliphatic carbocycles. The summed E-state index contributed by atoms with van der Waals surface area (Å²) in [5, 5.41) is 2.92. The third-order valence-electron chi connectivity index (χ3n) is 6.60. The van der Waals surface area contributed by atoms with Gasteiger partial charge in [0.25, 0.3) is 0 Å². The van der Waals surface area contributed by atoms with Crippen LogP contribution in [-0.4, -0.2) is 50.5 Å². The summed E-state index contributed by atoms with van der Waals surface area (Å²) in [6.45, 7) is 4.43. The van der Waals surface area contributed by atoms with E-state index >= 15 is 0 Å². The fourth-order valence-corrected chi connectivity index (χ4v) is 5.53. The summed E-state index contributed by atoms with van der Waals surface area (Å²) in [5.74, 6) is -2.84. The number of nitrogens with one attached hydrogen (secondary N) is 1. The number of carbonyl (C=O) groups is 2. The summed E-state index contributed by atoms with van der Waals surface area (Å²) in [5.41, 5.74) is 2.74. The molecule has 0 heterocycles. The average Bonchev–Trinajstić information content (AvgIpc) is 2.93. The Balaban J connectivity index is 1.88. The number of sulfonamides is 1. The SMILES string of the molecule is CCCNC(=O)C(Cc1ccccc1)N(Cc1cccc(C)c1)C(=O)CCCN(c1ccc(F)c(F)c1)S(C)(=O)=O. The van der Waals surface area contributed by atoms with Gasteiger partial charge in [0.15, 0.2) is 11.6 Å². The van der Waals surface area contributed by atoms with Crippen LogP contribution in [-0.2, 0) is 32.6 Å². The van der Waals surface area contributed by atoms with Crippen molar-refractivity contribution in [1.29, 1.82) is 0 Å². The summed E-state index contributed by atoms with van der Waals surface area (Å²) in [6.07, 6.45) is 2.05. The van der Waals surface area contributed by atoms with Crippen LogP contribution in [0.4, 0.5) is 14.5 Å². The number of hydrogen-bond donors (Lipinski definition) is 1. The molecule has 3 rings (SSSR count). The lowest BCUT2D eigenvalue weighted by molar-refractivity contribution is -0.141. The first-order valence-corrected chi connectivity index (χ1v) is 15.4. The Morgan fingerprint density at radius 2 is 1.63 bits per heavy atom. The second-order valence-electron chi connectivity index (χ2n) is 10.0. The lowest BCUT2D eigenvalue weighted by Gasteiger charge is -2.32. The first kappa shape index (κ1) is 31.7. The minimum Gasteiger partial charge on any atom is -0.354 e. The molecule has 1 atom stereocenters. The largest absolute Gasteiger partial charge is 0.354 e. The van der Waals surface area contributed by atoms with Crippen molar-refractivity contribution in [1.82, 2.24) is 10.2 Å². The van der Waals surface area contributed by atoms with Crippen molar-refractivity contribution in [2.45, 2.75) is 52.1 Å². The Kier molecular flexibility index (Phi) is 11.4. The van der Waals surface area contributed by atoms with Gasteiger partial charge in [-0.1, -0.05) is 67.1 Å². The topological polar surface area (TPSA) is 86.8 Å². The monoisotopic (exact) mass is 585 g/mol. The minimum atomic E-state index is -3.84. The molecular weight excluding hydrogens is 548 g/mol. The van der Waals surface area contributed by atoms with E-state index in [4.69, 9.17) is 0 Å². The molecule has 7 nitrogen and oxygen atoms in total. The molecule has 41 heavy (non-hydrogen) atoms. The van der Waals surface area contributed by atoms with Crippen LogP contribution in [0.15, 0.2) is 72.8 Å². The highest BCUT2D eigenvalue weighted by Crippen LogP contribution is 2.22. The van der Waals surface area contributed by atoms with E-state index in [2.05, 4.69) is 5.32 Å². The van der Waals surface area contributed by atoms with E-state index in [0.29, 0.717) is 13.0 Å². The van der Waals surface area contributed by atoms with Crippen LogP contribution < -0.4 is 9.62 Å². The van der Waals surface area contributed by atoms with Gasteiger partial charge in [-0.15, -0.1) is 0 Å². The summed E-state index contributed by atoms with van der Waals surface area (Å²) >= 11 is 0. The fraction of sp³-hybridized carbons (Fsp3) is 0.355. The van der Waals surface area contributed by atoms with Gasteiger partial charge >= 0.3 is 0 Å². The van der Waals surface area contributed by atoms with Gasteiger partial charge in [-0.2, -0.15) is 0 Å². The molecule has 0 spiro atoms. The van der Waals surface area contributed by atoms with E-state index in [9.17, 15) is 26.8 Å². The Bertz CT molecular complexity index is 1430. The number of carbonyl (C=O) groups excluding carboxylic acids is 2. The maximum atomic E-state index is 13.9. The zero-order valence-corrected chi connectivity index (χ0v) is 24.5. The summed E-state index contributed by atoms with van der Waals surface area (Å²) in [7, 11) is -3.84. The summed E-state index contributed by atoms with van der Waals surface area (Å²) in [6, 6.07) is 19.2. The van der Waals surface area contributed by atoms with E-state index in [1.54, 1.807) is 4.90 Å². The lowest BCUT2D eigenvalue weighted by atomic mass is 10.0. The van der Waals surface area contributed by atoms with Gasteiger partial charge in [0.2, 0.25) is 21.8 Å². The number of halogens is 2. The van der Waals surface area contributed by atoms with Crippen LogP contribution in [0.5, 0.6) is 0 Å². The maximum Gasteiger partial charge on any atom is 0.243 e. The predicted molar refractivity (Wildman–Crippen MR) is 157 cm³/mol. The quantitative estimate of drug-likeness (QED) is 0.289. The number of hydrogen-bond acceptors (Lipinski definition) is 4. The molecule has 0 aromatic heterocycles. The molecule has 0 radical (unpaired) electrons. The molecule has 0 saturated heterocycles. The third kappa shape index (κ3) is 9.38. The Morgan fingerprint density at radius 1 is 0.927 bits per heavy atom. The van der Waals surface area contributed by atoms with Crippen LogP contribution in [0.25, 0.3) is 0 Å². The van der Waals surface area contributed by atoms with Gasteiger partial charge in [-0.25, -0.2) is 17.2 Å². The van der Waals surface area contributed by atoms with Gasteiger partial charge in [0.05, 0.1) is 11.9 Å². The molecule has 1 N–H and O–H groups in total. The molecule has 2 amide bonds. The highest BCUT2D eigenvalue weighted by Gasteiger charge is 2.30. The minimum absolute atomic E-state index is 0.0311. The molecule has 0 bridgehead atoms. The first-order chi connectivity index (χ1) is 19.5. The average molecular weight is 586 g/mol. The third-order valence-corrected chi connectivity index (χ3v) is 7.79. The van der Waals surface area contributed by atoms with Crippen LogP contribution >= 0.6 is 0 Å². The Morgan fingerprint density at radius 3 is 2.27 bits per heavy atom. The molecule has 3 aromatic rings. The van der Waals surface area contributed by atoms with Gasteiger partial charge < -0.3 is 10.2 Å². The van der Waals surface area contributed by atoms with E-state index in [0.717, 1.165) is 45.8 Å². The van der Waals surface area contributed by atoms with Crippen LogP contribution in [0, 0.1) is 18.6 Å². The van der Waals surface area contributed by atoms with Crippen LogP contribution in [0.2, 0.25) is 0 Å². The first-order valence-electron chi connectivity index (χ1n) is 13.6. The second-order valence-corrected chi connectivity index (χ2v) is 12.0. The number of anilines is 1.